The van der Waals surface area contributed by atoms with Crippen LogP contribution in [0.4, 0.5) is 5.69 Å². The van der Waals surface area contributed by atoms with Gasteiger partial charge in [0.1, 0.15) is 0 Å². The second-order valence-electron chi connectivity index (χ2n) is 5.15. The van der Waals surface area contributed by atoms with Crippen LogP contribution in [0.25, 0.3) is 0 Å². The third kappa shape index (κ3) is 2.08. The quantitative estimate of drug-likeness (QED) is 0.808. The smallest absolute Gasteiger partial charge is 0.274 e. The number of carbonyl (C=O) groups is 1. The summed E-state index contributed by atoms with van der Waals surface area (Å²) in [5.41, 5.74) is 6.47. The second kappa shape index (κ2) is 4.28. The summed E-state index contributed by atoms with van der Waals surface area (Å²) < 4.78 is 7.24. The number of nitrogen functional groups attached to an aromatic ring is 1. The molecule has 3 N–H and O–H groups in total. The van der Waals surface area contributed by atoms with E-state index in [9.17, 15) is 4.79 Å². The largest absolute Gasteiger partial charge is 0.396 e. The van der Waals surface area contributed by atoms with E-state index in [0.29, 0.717) is 17.3 Å². The number of nitrogens with one attached hydrogen (secondary N) is 1. The zero-order valence-corrected chi connectivity index (χ0v) is 10.4. The van der Waals surface area contributed by atoms with E-state index in [1.54, 1.807) is 17.9 Å². The molecular formula is C12H18N4O2. The highest BCUT2D eigenvalue weighted by Crippen LogP contribution is 2.38. The highest BCUT2D eigenvalue weighted by Gasteiger charge is 2.41. The molecule has 3 rings (SSSR count). The predicted molar refractivity (Wildman–Crippen MR) is 66.0 cm³/mol. The molecule has 1 aromatic rings. The lowest BCUT2D eigenvalue weighted by molar-refractivity contribution is 0.0727. The van der Waals surface area contributed by atoms with E-state index in [1.807, 2.05) is 0 Å². The predicted octanol–water partition coefficient (Wildman–Crippen LogP) is 0.300. The molecule has 1 aliphatic heterocycles. The van der Waals surface area contributed by atoms with Crippen LogP contribution in [0, 0.1) is 5.92 Å². The van der Waals surface area contributed by atoms with Crippen molar-refractivity contribution in [2.45, 2.75) is 31.4 Å². The summed E-state index contributed by atoms with van der Waals surface area (Å²) in [5, 5.41) is 7.08. The lowest BCUT2D eigenvalue weighted by Crippen LogP contribution is -2.41. The van der Waals surface area contributed by atoms with Gasteiger partial charge in [0.05, 0.1) is 17.8 Å². The third-order valence-electron chi connectivity index (χ3n) is 3.61. The number of aromatic nitrogens is 2. The normalized spacial score (nSPS) is 27.4. The van der Waals surface area contributed by atoms with E-state index in [0.717, 1.165) is 13.0 Å². The molecule has 2 fully saturated rings. The summed E-state index contributed by atoms with van der Waals surface area (Å²) in [7, 11) is 1.75. The Balaban J connectivity index is 1.68. The maximum Gasteiger partial charge on any atom is 0.274 e. The van der Waals surface area contributed by atoms with Crippen LogP contribution in [0.5, 0.6) is 0 Å². The number of aryl methyl sites for hydroxylation is 1. The average molecular weight is 250 g/mol. The van der Waals surface area contributed by atoms with Gasteiger partial charge in [-0.05, 0) is 25.2 Å². The Morgan fingerprint density at radius 3 is 2.94 bits per heavy atom. The molecule has 6 nitrogen and oxygen atoms in total. The molecule has 98 valence electrons. The zero-order valence-electron chi connectivity index (χ0n) is 10.4. The molecular weight excluding hydrogens is 232 g/mol. The van der Waals surface area contributed by atoms with Crippen LogP contribution in [-0.2, 0) is 11.8 Å². The molecule has 18 heavy (non-hydrogen) atoms. The first-order valence-corrected chi connectivity index (χ1v) is 6.36. The lowest BCUT2D eigenvalue weighted by Gasteiger charge is -2.18. The van der Waals surface area contributed by atoms with Gasteiger partial charge in [-0.15, -0.1) is 0 Å². The van der Waals surface area contributed by atoms with Crippen molar-refractivity contribution in [1.29, 1.82) is 0 Å². The maximum absolute atomic E-state index is 12.1. The first kappa shape index (κ1) is 11.5. The van der Waals surface area contributed by atoms with E-state index in [-0.39, 0.29) is 18.1 Å². The summed E-state index contributed by atoms with van der Waals surface area (Å²) in [4.78, 5) is 12.1. The van der Waals surface area contributed by atoms with Crippen LogP contribution >= 0.6 is 0 Å². The van der Waals surface area contributed by atoms with E-state index < -0.39 is 0 Å². The number of amides is 1. The lowest BCUT2D eigenvalue weighted by atomic mass is 10.1. The Hall–Kier alpha value is -1.56. The minimum Gasteiger partial charge on any atom is -0.396 e. The molecule has 6 heteroatoms. The van der Waals surface area contributed by atoms with Gasteiger partial charge in [0.15, 0.2) is 5.69 Å². The van der Waals surface area contributed by atoms with Gasteiger partial charge in [-0.25, -0.2) is 0 Å². The fourth-order valence-corrected chi connectivity index (χ4v) is 2.58. The van der Waals surface area contributed by atoms with E-state index in [1.165, 1.54) is 12.8 Å². The Morgan fingerprint density at radius 2 is 2.33 bits per heavy atom. The van der Waals surface area contributed by atoms with Gasteiger partial charge < -0.3 is 15.8 Å². The van der Waals surface area contributed by atoms with Crippen molar-refractivity contribution in [3.63, 3.8) is 0 Å². The van der Waals surface area contributed by atoms with Gasteiger partial charge in [0.25, 0.3) is 5.91 Å². The van der Waals surface area contributed by atoms with Crippen LogP contribution in [0.3, 0.4) is 0 Å². The van der Waals surface area contributed by atoms with Crippen molar-refractivity contribution >= 4 is 11.6 Å². The number of nitrogens with two attached hydrogens (primary N) is 1. The highest BCUT2D eigenvalue weighted by molar-refractivity contribution is 5.97. The SMILES string of the molecule is Cn1cc(N)c(C(=O)NC2CCOC2C2CC2)n1. The maximum atomic E-state index is 12.1. The summed E-state index contributed by atoms with van der Waals surface area (Å²) in [6, 6.07) is 0.103. The van der Waals surface area contributed by atoms with Crippen molar-refractivity contribution in [3.05, 3.63) is 11.9 Å². The molecule has 1 saturated heterocycles. The van der Waals surface area contributed by atoms with Gasteiger partial charge in [-0.1, -0.05) is 0 Å². The average Bonchev–Trinajstić information content (AvgIpc) is 2.97. The molecule has 1 saturated carbocycles. The Labute approximate surface area is 105 Å². The van der Waals surface area contributed by atoms with Crippen LogP contribution in [0.2, 0.25) is 0 Å². The Morgan fingerprint density at radius 1 is 1.56 bits per heavy atom. The molecule has 0 aromatic carbocycles. The molecule has 0 radical (unpaired) electrons. The van der Waals surface area contributed by atoms with Gasteiger partial charge in [0, 0.05) is 19.9 Å². The number of hydrogen-bond acceptors (Lipinski definition) is 4. The Kier molecular flexibility index (Phi) is 2.74. The molecule has 1 aromatic heterocycles. The summed E-state index contributed by atoms with van der Waals surface area (Å²) >= 11 is 0. The minimum absolute atomic E-state index is 0.103. The molecule has 0 spiro atoms. The van der Waals surface area contributed by atoms with Crippen LogP contribution in [0.15, 0.2) is 6.20 Å². The zero-order chi connectivity index (χ0) is 12.7. The van der Waals surface area contributed by atoms with Crippen molar-refractivity contribution in [3.8, 4) is 0 Å². The molecule has 2 atom stereocenters. The second-order valence-corrected chi connectivity index (χ2v) is 5.15. The third-order valence-corrected chi connectivity index (χ3v) is 3.61. The molecule has 2 aliphatic rings. The first-order valence-electron chi connectivity index (χ1n) is 6.36. The number of hydrogen-bond donors (Lipinski definition) is 2. The number of anilines is 1. The highest BCUT2D eigenvalue weighted by atomic mass is 16.5. The number of rotatable bonds is 3. The fraction of sp³-hybridized carbons (Fsp3) is 0.667. The van der Waals surface area contributed by atoms with Gasteiger partial charge in [0.2, 0.25) is 0 Å². The standard InChI is InChI=1S/C12H18N4O2/c1-16-6-8(13)10(15-16)12(17)14-9-4-5-18-11(9)7-2-3-7/h6-7,9,11H,2-5,13H2,1H3,(H,14,17). The number of ether oxygens (including phenoxy) is 1. The Bertz CT molecular complexity index is 467. The van der Waals surface area contributed by atoms with Gasteiger partial charge in [-0.3, -0.25) is 9.48 Å². The summed E-state index contributed by atoms with van der Waals surface area (Å²) in [6.07, 6.45) is 5.11. The summed E-state index contributed by atoms with van der Waals surface area (Å²) in [6.45, 7) is 0.726. The van der Waals surface area contributed by atoms with Crippen molar-refractivity contribution in [1.82, 2.24) is 15.1 Å². The van der Waals surface area contributed by atoms with Gasteiger partial charge >= 0.3 is 0 Å². The number of nitrogens with zero attached hydrogens (tertiary/aromatic N) is 2. The van der Waals surface area contributed by atoms with Gasteiger partial charge in [-0.2, -0.15) is 5.10 Å². The number of carbonyl (C=O) groups excluding carboxylic acids is 1. The molecule has 2 heterocycles. The minimum atomic E-state index is -0.200. The van der Waals surface area contributed by atoms with E-state index >= 15 is 0 Å². The van der Waals surface area contributed by atoms with Crippen molar-refractivity contribution in [2.75, 3.05) is 12.3 Å². The van der Waals surface area contributed by atoms with Crippen LogP contribution < -0.4 is 11.1 Å². The monoisotopic (exact) mass is 250 g/mol. The fourth-order valence-electron chi connectivity index (χ4n) is 2.58. The molecule has 1 amide bonds. The summed E-state index contributed by atoms with van der Waals surface area (Å²) in [5.74, 6) is 0.424. The molecule has 1 aliphatic carbocycles. The van der Waals surface area contributed by atoms with Crippen LogP contribution in [0.1, 0.15) is 29.8 Å². The van der Waals surface area contributed by atoms with E-state index in [4.69, 9.17) is 10.5 Å². The van der Waals surface area contributed by atoms with Crippen molar-refractivity contribution in [2.24, 2.45) is 13.0 Å². The molecule has 0 bridgehead atoms. The van der Waals surface area contributed by atoms with Crippen LogP contribution in [-0.4, -0.2) is 34.4 Å². The molecule has 2 unspecified atom stereocenters. The van der Waals surface area contributed by atoms with E-state index in [2.05, 4.69) is 10.4 Å². The topological polar surface area (TPSA) is 82.2 Å². The first-order chi connectivity index (χ1) is 8.65. The van der Waals surface area contributed by atoms with Crippen molar-refractivity contribution < 1.29 is 9.53 Å².